The van der Waals surface area contributed by atoms with Crippen LogP contribution in [0.3, 0.4) is 0 Å². The molecule has 3 aromatic rings. The SMILES string of the molecule is Cn1c(SCC(=O)N2C[C@@]3(C)C[C@H]2CC(C)(C)C3)nc2scc(-c3ccc(F)cc3)c2c1=O. The highest BCUT2D eigenvalue weighted by Gasteiger charge is 2.50. The van der Waals surface area contributed by atoms with Crippen LogP contribution in [-0.4, -0.2) is 38.7 Å². The van der Waals surface area contributed by atoms with E-state index in [-0.39, 0.29) is 33.9 Å². The van der Waals surface area contributed by atoms with Crippen molar-refractivity contribution in [1.29, 1.82) is 0 Å². The van der Waals surface area contributed by atoms with Gasteiger partial charge >= 0.3 is 0 Å². The minimum absolute atomic E-state index is 0.124. The molecule has 1 aromatic carbocycles. The number of carbonyl (C=O) groups is 1. The molecule has 5 nitrogen and oxygen atoms in total. The van der Waals surface area contributed by atoms with Crippen molar-refractivity contribution in [2.75, 3.05) is 12.3 Å². The summed E-state index contributed by atoms with van der Waals surface area (Å²) in [6, 6.07) is 6.43. The Morgan fingerprint density at radius 1 is 1.24 bits per heavy atom. The Hall–Kier alpha value is -2.19. The summed E-state index contributed by atoms with van der Waals surface area (Å²) in [7, 11) is 1.69. The van der Waals surface area contributed by atoms with Gasteiger partial charge in [-0.15, -0.1) is 11.3 Å². The third-order valence-corrected chi connectivity index (χ3v) is 8.88. The highest BCUT2D eigenvalue weighted by molar-refractivity contribution is 7.99. The minimum atomic E-state index is -0.313. The molecule has 0 N–H and O–H groups in total. The molecule has 0 unspecified atom stereocenters. The van der Waals surface area contributed by atoms with E-state index in [4.69, 9.17) is 4.98 Å². The molecule has 33 heavy (non-hydrogen) atoms. The number of fused-ring (bicyclic) bond motifs is 3. The second kappa shape index (κ2) is 7.94. The number of thioether (sulfide) groups is 1. The lowest BCUT2D eigenvalue weighted by Gasteiger charge is -2.39. The van der Waals surface area contributed by atoms with Gasteiger partial charge in [-0.25, -0.2) is 9.37 Å². The summed E-state index contributed by atoms with van der Waals surface area (Å²) < 4.78 is 14.8. The van der Waals surface area contributed by atoms with Gasteiger partial charge in [0.15, 0.2) is 5.16 Å². The van der Waals surface area contributed by atoms with E-state index >= 15 is 0 Å². The average Bonchev–Trinajstić information content (AvgIpc) is 3.27. The summed E-state index contributed by atoms with van der Waals surface area (Å²) in [6.45, 7) is 7.72. The number of nitrogens with zero attached hydrogens (tertiary/aromatic N) is 3. The van der Waals surface area contributed by atoms with Gasteiger partial charge in [0.2, 0.25) is 5.91 Å². The van der Waals surface area contributed by atoms with Crippen LogP contribution in [0.15, 0.2) is 39.6 Å². The van der Waals surface area contributed by atoms with Gasteiger partial charge in [0.25, 0.3) is 5.56 Å². The molecule has 174 valence electrons. The van der Waals surface area contributed by atoms with Crippen molar-refractivity contribution < 1.29 is 9.18 Å². The fourth-order valence-electron chi connectivity index (χ4n) is 5.98. The fraction of sp³-hybridized carbons (Fsp3) is 0.480. The topological polar surface area (TPSA) is 55.2 Å². The lowest BCUT2D eigenvalue weighted by molar-refractivity contribution is -0.129. The van der Waals surface area contributed by atoms with E-state index in [9.17, 15) is 14.0 Å². The predicted octanol–water partition coefficient (Wildman–Crippen LogP) is 5.32. The molecule has 0 radical (unpaired) electrons. The first-order valence-corrected chi connectivity index (χ1v) is 13.1. The molecule has 1 aliphatic heterocycles. The number of benzene rings is 1. The molecule has 1 amide bonds. The summed E-state index contributed by atoms with van der Waals surface area (Å²) in [5.41, 5.74) is 1.86. The predicted molar refractivity (Wildman–Crippen MR) is 132 cm³/mol. The van der Waals surface area contributed by atoms with Gasteiger partial charge in [0.1, 0.15) is 10.6 Å². The first kappa shape index (κ1) is 22.6. The first-order chi connectivity index (χ1) is 15.6. The van der Waals surface area contributed by atoms with Gasteiger partial charge in [-0.1, -0.05) is 44.7 Å². The molecule has 1 aliphatic carbocycles. The smallest absolute Gasteiger partial charge is 0.263 e. The minimum Gasteiger partial charge on any atom is -0.338 e. The summed E-state index contributed by atoms with van der Waals surface area (Å²) >= 11 is 2.72. The molecule has 8 heteroatoms. The zero-order chi connectivity index (χ0) is 23.5. The van der Waals surface area contributed by atoms with Gasteiger partial charge < -0.3 is 4.90 Å². The van der Waals surface area contributed by atoms with Crippen LogP contribution in [0.1, 0.15) is 40.0 Å². The van der Waals surface area contributed by atoms with Crippen LogP contribution < -0.4 is 5.56 Å². The van der Waals surface area contributed by atoms with Gasteiger partial charge in [-0.2, -0.15) is 0 Å². The van der Waals surface area contributed by atoms with Crippen molar-refractivity contribution in [2.24, 2.45) is 17.9 Å². The van der Waals surface area contributed by atoms with Crippen LogP contribution in [0.4, 0.5) is 4.39 Å². The maximum absolute atomic E-state index is 13.3. The van der Waals surface area contributed by atoms with Crippen LogP contribution in [-0.2, 0) is 11.8 Å². The maximum atomic E-state index is 13.3. The van der Waals surface area contributed by atoms with E-state index in [1.165, 1.54) is 39.8 Å². The van der Waals surface area contributed by atoms with E-state index in [1.807, 2.05) is 5.38 Å². The number of carbonyl (C=O) groups excluding carboxylic acids is 1. The zero-order valence-corrected chi connectivity index (χ0v) is 21.0. The van der Waals surface area contributed by atoms with E-state index < -0.39 is 0 Å². The maximum Gasteiger partial charge on any atom is 0.263 e. The molecule has 3 heterocycles. The van der Waals surface area contributed by atoms with Crippen LogP contribution in [0.5, 0.6) is 0 Å². The van der Waals surface area contributed by atoms with Crippen molar-refractivity contribution in [2.45, 2.75) is 51.2 Å². The molecule has 5 rings (SSSR count). The van der Waals surface area contributed by atoms with Crippen LogP contribution in [0.2, 0.25) is 0 Å². The van der Waals surface area contributed by atoms with E-state index in [0.717, 1.165) is 36.9 Å². The summed E-state index contributed by atoms with van der Waals surface area (Å²) in [6.07, 6.45) is 3.27. The van der Waals surface area contributed by atoms with Crippen LogP contribution >= 0.6 is 23.1 Å². The lowest BCUT2D eigenvalue weighted by atomic mass is 9.65. The largest absolute Gasteiger partial charge is 0.338 e. The van der Waals surface area contributed by atoms with Crippen molar-refractivity contribution in [3.05, 3.63) is 45.8 Å². The van der Waals surface area contributed by atoms with Gasteiger partial charge in [0.05, 0.1) is 11.1 Å². The number of aromatic nitrogens is 2. The zero-order valence-electron chi connectivity index (χ0n) is 19.4. The first-order valence-electron chi connectivity index (χ1n) is 11.2. The summed E-state index contributed by atoms with van der Waals surface area (Å²) in [5.74, 6) is 0.0840. The Morgan fingerprint density at radius 3 is 2.70 bits per heavy atom. The molecule has 2 bridgehead atoms. The van der Waals surface area contributed by atoms with Crippen molar-refractivity contribution in [3.63, 3.8) is 0 Å². The Morgan fingerprint density at radius 2 is 1.97 bits per heavy atom. The molecule has 0 spiro atoms. The molecule has 2 aromatic heterocycles. The number of hydrogen-bond acceptors (Lipinski definition) is 5. The van der Waals surface area contributed by atoms with E-state index in [0.29, 0.717) is 21.4 Å². The Labute approximate surface area is 201 Å². The highest BCUT2D eigenvalue weighted by atomic mass is 32.2. The van der Waals surface area contributed by atoms with E-state index in [1.54, 1.807) is 19.2 Å². The molecular weight excluding hydrogens is 457 g/mol. The number of thiophene rings is 1. The number of rotatable bonds is 4. The fourth-order valence-corrected chi connectivity index (χ4v) is 7.83. The third-order valence-electron chi connectivity index (χ3n) is 6.99. The van der Waals surface area contributed by atoms with Gasteiger partial charge in [0, 0.05) is 30.6 Å². The van der Waals surface area contributed by atoms with Crippen LogP contribution in [0.25, 0.3) is 21.3 Å². The van der Waals surface area contributed by atoms with Crippen molar-refractivity contribution in [1.82, 2.24) is 14.5 Å². The Bertz CT molecular complexity index is 1300. The number of hydrogen-bond donors (Lipinski definition) is 0. The quantitative estimate of drug-likeness (QED) is 0.371. The molecule has 1 saturated carbocycles. The second-order valence-electron chi connectivity index (χ2n) is 10.6. The van der Waals surface area contributed by atoms with Crippen LogP contribution in [0, 0.1) is 16.6 Å². The highest BCUT2D eigenvalue weighted by Crippen LogP contribution is 2.52. The average molecular weight is 486 g/mol. The summed E-state index contributed by atoms with van der Waals surface area (Å²) in [4.78, 5) is 33.7. The Kier molecular flexibility index (Phi) is 5.44. The van der Waals surface area contributed by atoms with Gasteiger partial charge in [-0.05, 0) is 47.8 Å². The number of halogens is 1. The summed E-state index contributed by atoms with van der Waals surface area (Å²) in [5, 5.41) is 2.97. The molecule has 2 atom stereocenters. The standard InChI is InChI=1S/C25H28FN3O2S2/c1-24(2)9-17-10-25(3,13-24)14-29(17)19(30)12-33-23-27-21-20(22(31)28(23)4)18(11-32-21)15-5-7-16(26)8-6-15/h5-8,11,17H,9-10,12-14H2,1-4H3/t17-,25+/m1/s1. The van der Waals surface area contributed by atoms with Crippen molar-refractivity contribution >= 4 is 39.2 Å². The molecule has 1 saturated heterocycles. The molecule has 2 fully saturated rings. The normalized spacial score (nSPS) is 23.9. The monoisotopic (exact) mass is 485 g/mol. The Balaban J connectivity index is 1.37. The van der Waals surface area contributed by atoms with Gasteiger partial charge in [-0.3, -0.25) is 14.2 Å². The third kappa shape index (κ3) is 4.12. The number of likely N-dealkylation sites (tertiary alicyclic amines) is 1. The molecule has 2 aliphatic rings. The molecular formula is C25H28FN3O2S2. The second-order valence-corrected chi connectivity index (χ2v) is 12.4. The van der Waals surface area contributed by atoms with Crippen molar-refractivity contribution in [3.8, 4) is 11.1 Å². The lowest BCUT2D eigenvalue weighted by Crippen LogP contribution is -2.38. The number of amides is 1. The van der Waals surface area contributed by atoms with E-state index in [2.05, 4.69) is 25.7 Å².